The maximum absolute atomic E-state index is 13.1. The van der Waals surface area contributed by atoms with Gasteiger partial charge in [-0.1, -0.05) is 11.3 Å². The Morgan fingerprint density at radius 3 is 3.00 bits per heavy atom. The normalized spacial score (nSPS) is 16.7. The van der Waals surface area contributed by atoms with Gasteiger partial charge in [0, 0.05) is 13.0 Å². The van der Waals surface area contributed by atoms with Crippen molar-refractivity contribution in [3.05, 3.63) is 28.8 Å². The molecule has 5 heteroatoms. The van der Waals surface area contributed by atoms with Gasteiger partial charge in [0.1, 0.15) is 5.82 Å². The van der Waals surface area contributed by atoms with Crippen LogP contribution < -0.4 is 4.80 Å². The Hall–Kier alpha value is -1.49. The lowest BCUT2D eigenvalue weighted by Crippen LogP contribution is -2.13. The Morgan fingerprint density at radius 2 is 2.29 bits per heavy atom. The van der Waals surface area contributed by atoms with E-state index < -0.39 is 0 Å². The molecule has 0 radical (unpaired) electrons. The third kappa shape index (κ3) is 1.91. The van der Waals surface area contributed by atoms with Crippen LogP contribution in [0, 0.1) is 11.7 Å². The molecule has 0 spiro atoms. The fraction of sp³-hybridized carbons (Fsp3) is 0.333. The van der Waals surface area contributed by atoms with E-state index in [1.54, 1.807) is 6.07 Å². The molecule has 0 unspecified atom stereocenters. The highest BCUT2D eigenvalue weighted by Crippen LogP contribution is 2.30. The van der Waals surface area contributed by atoms with Crippen LogP contribution in [-0.2, 0) is 11.8 Å². The van der Waals surface area contributed by atoms with E-state index in [1.165, 1.54) is 23.5 Å². The molecule has 3 nitrogen and oxygen atoms in total. The average Bonchev–Trinajstić information content (AvgIpc) is 3.07. The summed E-state index contributed by atoms with van der Waals surface area (Å²) < 4.78 is 15.7. The SMILES string of the molecule is Cn1c(=NC(=O)C2CC2)sc2cc(F)ccc21. The number of nitrogens with zero attached hydrogens (tertiary/aromatic N) is 2. The summed E-state index contributed by atoms with van der Waals surface area (Å²) in [5.74, 6) is -0.191. The predicted octanol–water partition coefficient (Wildman–Crippen LogP) is 2.22. The number of rotatable bonds is 1. The van der Waals surface area contributed by atoms with Gasteiger partial charge in [-0.25, -0.2) is 4.39 Å². The summed E-state index contributed by atoms with van der Waals surface area (Å²) in [4.78, 5) is 16.4. The molecule has 3 rings (SSSR count). The van der Waals surface area contributed by atoms with Crippen molar-refractivity contribution < 1.29 is 9.18 Å². The van der Waals surface area contributed by atoms with Crippen LogP contribution in [0.5, 0.6) is 0 Å². The molecule has 0 bridgehead atoms. The maximum Gasteiger partial charge on any atom is 0.251 e. The van der Waals surface area contributed by atoms with E-state index in [-0.39, 0.29) is 17.6 Å². The third-order valence-corrected chi connectivity index (χ3v) is 4.00. The largest absolute Gasteiger partial charge is 0.319 e. The molecule has 1 saturated carbocycles. The number of carbonyl (C=O) groups is 1. The van der Waals surface area contributed by atoms with Crippen molar-refractivity contribution in [2.75, 3.05) is 0 Å². The minimum Gasteiger partial charge on any atom is -0.319 e. The topological polar surface area (TPSA) is 34.4 Å². The smallest absolute Gasteiger partial charge is 0.251 e. The molecule has 0 N–H and O–H groups in total. The molecule has 0 aliphatic heterocycles. The maximum atomic E-state index is 13.1. The van der Waals surface area contributed by atoms with Gasteiger partial charge in [0.05, 0.1) is 10.2 Å². The lowest BCUT2D eigenvalue weighted by molar-refractivity contribution is -0.119. The first-order valence-electron chi connectivity index (χ1n) is 5.49. The molecule has 17 heavy (non-hydrogen) atoms. The van der Waals surface area contributed by atoms with E-state index in [1.807, 2.05) is 11.6 Å². The Labute approximate surface area is 101 Å². The van der Waals surface area contributed by atoms with Crippen LogP contribution in [-0.4, -0.2) is 10.5 Å². The lowest BCUT2D eigenvalue weighted by atomic mass is 10.3. The first-order chi connectivity index (χ1) is 8.15. The van der Waals surface area contributed by atoms with Crippen LogP contribution in [0.1, 0.15) is 12.8 Å². The Morgan fingerprint density at radius 1 is 1.53 bits per heavy atom. The van der Waals surface area contributed by atoms with E-state index in [9.17, 15) is 9.18 Å². The number of thiazole rings is 1. The number of aromatic nitrogens is 1. The summed E-state index contributed by atoms with van der Waals surface area (Å²) in [6.07, 6.45) is 1.90. The van der Waals surface area contributed by atoms with Gasteiger partial charge in [-0.3, -0.25) is 4.79 Å². The van der Waals surface area contributed by atoms with Crippen LogP contribution >= 0.6 is 11.3 Å². The second-order valence-electron chi connectivity index (χ2n) is 4.28. The van der Waals surface area contributed by atoms with Crippen molar-refractivity contribution in [3.8, 4) is 0 Å². The van der Waals surface area contributed by atoms with Gasteiger partial charge in [-0.05, 0) is 31.0 Å². The van der Waals surface area contributed by atoms with E-state index in [0.717, 1.165) is 23.1 Å². The van der Waals surface area contributed by atoms with Crippen molar-refractivity contribution in [1.82, 2.24) is 4.57 Å². The number of hydrogen-bond acceptors (Lipinski definition) is 2. The molecule has 1 amide bonds. The van der Waals surface area contributed by atoms with E-state index >= 15 is 0 Å². The number of benzene rings is 1. The van der Waals surface area contributed by atoms with E-state index in [0.29, 0.717) is 4.80 Å². The lowest BCUT2D eigenvalue weighted by Gasteiger charge is -1.94. The first-order valence-corrected chi connectivity index (χ1v) is 6.30. The molecule has 0 atom stereocenters. The molecular weight excluding hydrogens is 239 g/mol. The average molecular weight is 250 g/mol. The molecule has 0 saturated heterocycles. The fourth-order valence-corrected chi connectivity index (χ4v) is 2.78. The number of hydrogen-bond donors (Lipinski definition) is 0. The second-order valence-corrected chi connectivity index (χ2v) is 5.29. The molecule has 88 valence electrons. The summed E-state index contributed by atoms with van der Waals surface area (Å²) in [7, 11) is 1.84. The quantitative estimate of drug-likeness (QED) is 0.764. The standard InChI is InChI=1S/C12H11FN2OS/c1-15-9-5-4-8(13)6-10(9)17-12(15)14-11(16)7-2-3-7/h4-7H,2-3H2,1H3. The van der Waals surface area contributed by atoms with Crippen molar-refractivity contribution >= 4 is 27.5 Å². The third-order valence-electron chi connectivity index (χ3n) is 2.90. The highest BCUT2D eigenvalue weighted by molar-refractivity contribution is 7.16. The van der Waals surface area contributed by atoms with Crippen LogP contribution in [0.2, 0.25) is 0 Å². The molecule has 1 aromatic carbocycles. The van der Waals surface area contributed by atoms with Gasteiger partial charge < -0.3 is 4.57 Å². The van der Waals surface area contributed by atoms with Crippen LogP contribution in [0.15, 0.2) is 23.2 Å². The number of carbonyl (C=O) groups excluding carboxylic acids is 1. The van der Waals surface area contributed by atoms with Crippen LogP contribution in [0.4, 0.5) is 4.39 Å². The highest BCUT2D eigenvalue weighted by atomic mass is 32.1. The monoisotopic (exact) mass is 250 g/mol. The van der Waals surface area contributed by atoms with Gasteiger partial charge in [0.15, 0.2) is 4.80 Å². The van der Waals surface area contributed by atoms with Crippen molar-refractivity contribution in [2.45, 2.75) is 12.8 Å². The summed E-state index contributed by atoms with van der Waals surface area (Å²) >= 11 is 1.35. The van der Waals surface area contributed by atoms with E-state index in [4.69, 9.17) is 0 Å². The number of aryl methyl sites for hydroxylation is 1. The summed E-state index contributed by atoms with van der Waals surface area (Å²) in [5.41, 5.74) is 0.902. The summed E-state index contributed by atoms with van der Waals surface area (Å²) in [6, 6.07) is 4.60. The predicted molar refractivity (Wildman–Crippen MR) is 64.0 cm³/mol. The number of amides is 1. The summed E-state index contributed by atoms with van der Waals surface area (Å²) in [5, 5.41) is 0. The zero-order chi connectivity index (χ0) is 12.0. The Kier molecular flexibility index (Phi) is 2.36. The van der Waals surface area contributed by atoms with Crippen LogP contribution in [0.25, 0.3) is 10.2 Å². The van der Waals surface area contributed by atoms with E-state index in [2.05, 4.69) is 4.99 Å². The number of halogens is 1. The molecule has 1 aliphatic rings. The Balaban J connectivity index is 2.16. The zero-order valence-corrected chi connectivity index (χ0v) is 10.1. The molecular formula is C12H11FN2OS. The highest BCUT2D eigenvalue weighted by Gasteiger charge is 2.29. The van der Waals surface area contributed by atoms with Gasteiger partial charge in [0.2, 0.25) is 0 Å². The minimum absolute atomic E-state index is 0.0485. The molecule has 1 fully saturated rings. The molecule has 1 aromatic heterocycles. The van der Waals surface area contributed by atoms with Gasteiger partial charge in [0.25, 0.3) is 5.91 Å². The molecule has 1 heterocycles. The van der Waals surface area contributed by atoms with Gasteiger partial charge in [-0.2, -0.15) is 4.99 Å². The zero-order valence-electron chi connectivity index (χ0n) is 9.31. The van der Waals surface area contributed by atoms with Crippen LogP contribution in [0.3, 0.4) is 0 Å². The minimum atomic E-state index is -0.264. The van der Waals surface area contributed by atoms with Gasteiger partial charge in [-0.15, -0.1) is 0 Å². The fourth-order valence-electron chi connectivity index (χ4n) is 1.73. The second kappa shape index (κ2) is 3.77. The van der Waals surface area contributed by atoms with Crippen molar-refractivity contribution in [2.24, 2.45) is 18.0 Å². The van der Waals surface area contributed by atoms with Crippen molar-refractivity contribution in [1.29, 1.82) is 0 Å². The van der Waals surface area contributed by atoms with Gasteiger partial charge >= 0.3 is 0 Å². The van der Waals surface area contributed by atoms with Crippen molar-refractivity contribution in [3.63, 3.8) is 0 Å². The Bertz CT molecular complexity index is 667. The molecule has 2 aromatic rings. The summed E-state index contributed by atoms with van der Waals surface area (Å²) in [6.45, 7) is 0. The first kappa shape index (κ1) is 10.7. The number of fused-ring (bicyclic) bond motifs is 1. The molecule has 1 aliphatic carbocycles.